The number of carbonyl (C=O) groups is 1. The molecule has 0 saturated carbocycles. The monoisotopic (exact) mass is 512 g/mol. The maximum atomic E-state index is 13.7. The average Bonchev–Trinajstić information content (AvgIpc) is 3.23. The number of rotatable bonds is 4. The summed E-state index contributed by atoms with van der Waals surface area (Å²) in [6.45, 7) is 1.53. The Balaban J connectivity index is 1.50. The van der Waals surface area contributed by atoms with Crippen LogP contribution in [-0.2, 0) is 6.18 Å². The van der Waals surface area contributed by atoms with Crippen molar-refractivity contribution in [1.82, 2.24) is 9.88 Å². The molecule has 1 aromatic heterocycles. The molecule has 2 amide bonds. The van der Waals surface area contributed by atoms with E-state index in [1.165, 1.54) is 18.5 Å². The highest BCUT2D eigenvalue weighted by atomic mass is 79.9. The third-order valence-corrected chi connectivity index (χ3v) is 5.82. The van der Waals surface area contributed by atoms with Crippen LogP contribution in [-0.4, -0.2) is 42.2 Å². The number of piperidine rings is 1. The second-order valence-electron chi connectivity index (χ2n) is 7.53. The molecule has 0 bridgehead atoms. The zero-order valence-electron chi connectivity index (χ0n) is 17.0. The van der Waals surface area contributed by atoms with Gasteiger partial charge in [0.05, 0.1) is 11.3 Å². The second-order valence-corrected chi connectivity index (χ2v) is 8.39. The number of nitrogens with one attached hydrogen (secondary N) is 2. The number of hydrogen-bond acceptors (Lipinski definition) is 5. The Kier molecular flexibility index (Phi) is 6.29. The molecule has 1 saturated heterocycles. The summed E-state index contributed by atoms with van der Waals surface area (Å²) in [5.74, 6) is -0.241. The summed E-state index contributed by atoms with van der Waals surface area (Å²) >= 11 is 3.33. The standard InChI is InChI=1S/C21H20BrF3N4O3/c1-29-8-6-13(7-9-29)32-17-5-2-12(10-14(17)21(23,24)25)27-20(30)28-16-4-3-15(22)18-19(16)31-11-26-18/h2-5,10-11,13H,6-9H2,1H3,(H2,27,28,30). The third-order valence-electron chi connectivity index (χ3n) is 5.18. The molecule has 2 heterocycles. The molecular formula is C21H20BrF3N4O3. The molecular weight excluding hydrogens is 493 g/mol. The predicted molar refractivity (Wildman–Crippen MR) is 117 cm³/mol. The van der Waals surface area contributed by atoms with Gasteiger partial charge in [0.25, 0.3) is 0 Å². The van der Waals surface area contributed by atoms with Gasteiger partial charge in [0.2, 0.25) is 0 Å². The largest absolute Gasteiger partial charge is 0.490 e. The van der Waals surface area contributed by atoms with Crippen molar-refractivity contribution in [3.8, 4) is 5.75 Å². The van der Waals surface area contributed by atoms with Crippen LogP contribution < -0.4 is 15.4 Å². The van der Waals surface area contributed by atoms with Gasteiger partial charge in [0.1, 0.15) is 17.4 Å². The van der Waals surface area contributed by atoms with Crippen LogP contribution in [0.25, 0.3) is 11.1 Å². The first-order valence-corrected chi connectivity index (χ1v) is 10.7. The summed E-state index contributed by atoms with van der Waals surface area (Å²) in [5.41, 5.74) is 0.230. The first-order chi connectivity index (χ1) is 15.2. The van der Waals surface area contributed by atoms with E-state index < -0.39 is 17.8 Å². The van der Waals surface area contributed by atoms with Crippen molar-refractivity contribution < 1.29 is 27.1 Å². The molecule has 0 spiro atoms. The number of urea groups is 1. The Morgan fingerprint density at radius 2 is 1.97 bits per heavy atom. The molecule has 170 valence electrons. The second kappa shape index (κ2) is 8.99. The van der Waals surface area contributed by atoms with Gasteiger partial charge in [-0.1, -0.05) is 0 Å². The topological polar surface area (TPSA) is 79.6 Å². The van der Waals surface area contributed by atoms with E-state index in [1.54, 1.807) is 12.1 Å². The number of carbonyl (C=O) groups excluding carboxylic acids is 1. The molecule has 0 aliphatic carbocycles. The van der Waals surface area contributed by atoms with Crippen LogP contribution in [0.15, 0.2) is 45.6 Å². The molecule has 0 unspecified atom stereocenters. The van der Waals surface area contributed by atoms with E-state index in [1.807, 2.05) is 7.05 Å². The minimum Gasteiger partial charge on any atom is -0.490 e. The van der Waals surface area contributed by atoms with Crippen LogP contribution in [0, 0.1) is 0 Å². The number of amides is 2. The van der Waals surface area contributed by atoms with Crippen molar-refractivity contribution in [2.24, 2.45) is 0 Å². The van der Waals surface area contributed by atoms with Gasteiger partial charge in [0.15, 0.2) is 12.0 Å². The molecule has 2 aromatic carbocycles. The molecule has 1 fully saturated rings. The van der Waals surface area contributed by atoms with Crippen LogP contribution in [0.2, 0.25) is 0 Å². The number of nitrogens with zero attached hydrogens (tertiary/aromatic N) is 2. The number of alkyl halides is 3. The van der Waals surface area contributed by atoms with E-state index in [-0.39, 0.29) is 17.5 Å². The summed E-state index contributed by atoms with van der Waals surface area (Å²) in [5, 5.41) is 4.99. The number of fused-ring (bicyclic) bond motifs is 1. The van der Waals surface area contributed by atoms with Crippen molar-refractivity contribution in [3.05, 3.63) is 46.8 Å². The van der Waals surface area contributed by atoms with Gasteiger partial charge < -0.3 is 24.7 Å². The number of halogens is 4. The minimum atomic E-state index is -4.63. The number of likely N-dealkylation sites (tertiary alicyclic amines) is 1. The van der Waals surface area contributed by atoms with E-state index in [2.05, 4.69) is 36.4 Å². The number of hydrogen-bond donors (Lipinski definition) is 2. The fraction of sp³-hybridized carbons (Fsp3) is 0.333. The van der Waals surface area contributed by atoms with E-state index in [4.69, 9.17) is 9.15 Å². The Morgan fingerprint density at radius 3 is 2.69 bits per heavy atom. The van der Waals surface area contributed by atoms with Gasteiger partial charge in [-0.05, 0) is 66.2 Å². The normalized spacial score (nSPS) is 15.7. The lowest BCUT2D eigenvalue weighted by Crippen LogP contribution is -2.36. The van der Waals surface area contributed by atoms with Gasteiger partial charge in [-0.15, -0.1) is 0 Å². The zero-order chi connectivity index (χ0) is 22.9. The maximum Gasteiger partial charge on any atom is 0.420 e. The molecule has 1 aliphatic heterocycles. The van der Waals surface area contributed by atoms with Crippen molar-refractivity contribution in [2.45, 2.75) is 25.1 Å². The quantitative estimate of drug-likeness (QED) is 0.466. The highest BCUT2D eigenvalue weighted by Crippen LogP contribution is 2.39. The number of oxazole rings is 1. The smallest absolute Gasteiger partial charge is 0.420 e. The third kappa shape index (κ3) is 4.99. The van der Waals surface area contributed by atoms with E-state index in [9.17, 15) is 18.0 Å². The lowest BCUT2D eigenvalue weighted by molar-refractivity contribution is -0.139. The van der Waals surface area contributed by atoms with Crippen LogP contribution in [0.5, 0.6) is 5.75 Å². The summed E-state index contributed by atoms with van der Waals surface area (Å²) < 4.78 is 52.6. The van der Waals surface area contributed by atoms with Gasteiger partial charge >= 0.3 is 12.2 Å². The number of benzene rings is 2. The Bertz CT molecular complexity index is 1130. The van der Waals surface area contributed by atoms with E-state index in [0.717, 1.165) is 19.2 Å². The van der Waals surface area contributed by atoms with Crippen molar-refractivity contribution >= 4 is 44.4 Å². The van der Waals surface area contributed by atoms with Crippen molar-refractivity contribution in [2.75, 3.05) is 30.8 Å². The molecule has 2 N–H and O–H groups in total. The van der Waals surface area contributed by atoms with Crippen LogP contribution in [0.3, 0.4) is 0 Å². The summed E-state index contributed by atoms with van der Waals surface area (Å²) in [7, 11) is 1.96. The molecule has 1 aliphatic rings. The molecule has 0 atom stereocenters. The Morgan fingerprint density at radius 1 is 1.22 bits per heavy atom. The highest BCUT2D eigenvalue weighted by Gasteiger charge is 2.35. The lowest BCUT2D eigenvalue weighted by Gasteiger charge is -2.30. The minimum absolute atomic E-state index is 0.0172. The fourth-order valence-corrected chi connectivity index (χ4v) is 3.93. The number of aromatic nitrogens is 1. The van der Waals surface area contributed by atoms with Crippen molar-refractivity contribution in [1.29, 1.82) is 0 Å². The summed E-state index contributed by atoms with van der Waals surface area (Å²) in [4.78, 5) is 18.6. The lowest BCUT2D eigenvalue weighted by atomic mass is 10.1. The Hall–Kier alpha value is -2.79. The predicted octanol–water partition coefficient (Wildman–Crippen LogP) is 5.73. The molecule has 11 heteroatoms. The van der Waals surface area contributed by atoms with E-state index in [0.29, 0.717) is 34.1 Å². The molecule has 7 nitrogen and oxygen atoms in total. The van der Waals surface area contributed by atoms with Gasteiger partial charge in [-0.3, -0.25) is 0 Å². The first kappa shape index (κ1) is 22.4. The van der Waals surface area contributed by atoms with Gasteiger partial charge in [0, 0.05) is 23.2 Å². The molecule has 4 rings (SSSR count). The highest BCUT2D eigenvalue weighted by molar-refractivity contribution is 9.10. The van der Waals surface area contributed by atoms with E-state index >= 15 is 0 Å². The van der Waals surface area contributed by atoms with Crippen LogP contribution in [0.1, 0.15) is 18.4 Å². The van der Waals surface area contributed by atoms with Crippen molar-refractivity contribution in [3.63, 3.8) is 0 Å². The Labute approximate surface area is 190 Å². The molecule has 3 aromatic rings. The molecule has 32 heavy (non-hydrogen) atoms. The fourth-order valence-electron chi connectivity index (χ4n) is 3.52. The number of anilines is 2. The van der Waals surface area contributed by atoms with Crippen LogP contribution >= 0.6 is 15.9 Å². The van der Waals surface area contributed by atoms with Gasteiger partial charge in [-0.25, -0.2) is 9.78 Å². The first-order valence-electron chi connectivity index (χ1n) is 9.87. The SMILES string of the molecule is CN1CCC(Oc2ccc(NC(=O)Nc3ccc(Br)c4ncoc34)cc2C(F)(F)F)CC1. The number of ether oxygens (including phenoxy) is 1. The summed E-state index contributed by atoms with van der Waals surface area (Å²) in [6.07, 6.45) is -2.38. The molecule has 0 radical (unpaired) electrons. The maximum absolute atomic E-state index is 13.7. The van der Waals surface area contributed by atoms with Crippen LogP contribution in [0.4, 0.5) is 29.3 Å². The summed E-state index contributed by atoms with van der Waals surface area (Å²) in [6, 6.07) is 6.04. The van der Waals surface area contributed by atoms with Gasteiger partial charge in [-0.2, -0.15) is 13.2 Å². The zero-order valence-corrected chi connectivity index (χ0v) is 18.6. The average molecular weight is 513 g/mol.